The molecule has 98 valence electrons. The molecule has 1 nitrogen and oxygen atoms in total. The van der Waals surface area contributed by atoms with Gasteiger partial charge in [0.1, 0.15) is 0 Å². The molecule has 19 heavy (non-hydrogen) atoms. The van der Waals surface area contributed by atoms with Crippen molar-refractivity contribution in [1.29, 1.82) is 0 Å². The Balaban J connectivity index is 1.96. The molecule has 0 saturated heterocycles. The normalized spacial score (nSPS) is 11.4. The Bertz CT molecular complexity index is 538. The summed E-state index contributed by atoms with van der Waals surface area (Å²) in [6.07, 6.45) is 1.88. The molecule has 2 aromatic rings. The fourth-order valence-corrected chi connectivity index (χ4v) is 1.94. The van der Waals surface area contributed by atoms with Gasteiger partial charge in [-0.25, -0.2) is 0 Å². The number of benzene rings is 2. The first-order valence-electron chi connectivity index (χ1n) is 6.49. The van der Waals surface area contributed by atoms with Gasteiger partial charge in [-0.3, -0.25) is 4.99 Å². The SMILES string of the molecule is CC(C)c1ccc(C/N=C/c2ccc(Cl)cc2)cc1. The molecule has 0 saturated carbocycles. The lowest BCUT2D eigenvalue weighted by Crippen LogP contribution is -1.89. The van der Waals surface area contributed by atoms with E-state index in [4.69, 9.17) is 11.6 Å². The van der Waals surface area contributed by atoms with Crippen LogP contribution in [0.25, 0.3) is 0 Å². The number of hydrogen-bond acceptors (Lipinski definition) is 1. The highest BCUT2D eigenvalue weighted by molar-refractivity contribution is 6.30. The van der Waals surface area contributed by atoms with Crippen molar-refractivity contribution < 1.29 is 0 Å². The zero-order valence-corrected chi connectivity index (χ0v) is 12.1. The van der Waals surface area contributed by atoms with E-state index in [1.54, 1.807) is 0 Å². The fourth-order valence-electron chi connectivity index (χ4n) is 1.81. The van der Waals surface area contributed by atoms with Crippen LogP contribution < -0.4 is 0 Å². The highest BCUT2D eigenvalue weighted by Crippen LogP contribution is 2.15. The number of halogens is 1. The molecule has 2 rings (SSSR count). The molecule has 0 radical (unpaired) electrons. The largest absolute Gasteiger partial charge is 0.288 e. The number of nitrogens with zero attached hydrogens (tertiary/aromatic N) is 1. The smallest absolute Gasteiger partial charge is 0.0639 e. The molecule has 0 aromatic heterocycles. The molecule has 0 unspecified atom stereocenters. The average Bonchev–Trinajstić information content (AvgIpc) is 2.41. The van der Waals surface area contributed by atoms with Crippen LogP contribution in [-0.2, 0) is 6.54 Å². The Labute approximate surface area is 120 Å². The zero-order valence-electron chi connectivity index (χ0n) is 11.3. The van der Waals surface area contributed by atoms with E-state index in [1.807, 2.05) is 30.5 Å². The summed E-state index contributed by atoms with van der Waals surface area (Å²) in [7, 11) is 0. The molecule has 0 atom stereocenters. The number of hydrogen-bond donors (Lipinski definition) is 0. The third-order valence-corrected chi connectivity index (χ3v) is 3.28. The Kier molecular flexibility index (Phi) is 4.75. The summed E-state index contributed by atoms with van der Waals surface area (Å²) in [5.74, 6) is 0.576. The van der Waals surface area contributed by atoms with Crippen LogP contribution in [0.2, 0.25) is 5.02 Å². The van der Waals surface area contributed by atoms with E-state index in [0.717, 1.165) is 10.6 Å². The van der Waals surface area contributed by atoms with Crippen LogP contribution in [-0.4, -0.2) is 6.21 Å². The summed E-state index contributed by atoms with van der Waals surface area (Å²) < 4.78 is 0. The van der Waals surface area contributed by atoms with Crippen molar-refractivity contribution in [2.45, 2.75) is 26.3 Å². The first-order chi connectivity index (χ1) is 9.15. The zero-order chi connectivity index (χ0) is 13.7. The van der Waals surface area contributed by atoms with Crippen molar-refractivity contribution >= 4 is 17.8 Å². The summed E-state index contributed by atoms with van der Waals surface area (Å²) in [6, 6.07) is 16.3. The van der Waals surface area contributed by atoms with Crippen LogP contribution in [0.3, 0.4) is 0 Å². The van der Waals surface area contributed by atoms with Crippen molar-refractivity contribution in [2.24, 2.45) is 4.99 Å². The molecule has 0 aliphatic rings. The van der Waals surface area contributed by atoms with Gasteiger partial charge in [0.15, 0.2) is 0 Å². The topological polar surface area (TPSA) is 12.4 Å². The van der Waals surface area contributed by atoms with Gasteiger partial charge in [0.05, 0.1) is 6.54 Å². The molecule has 0 amide bonds. The van der Waals surface area contributed by atoms with E-state index in [1.165, 1.54) is 11.1 Å². The maximum absolute atomic E-state index is 5.84. The molecule has 2 heteroatoms. The standard InChI is InChI=1S/C17H18ClN/c1-13(2)16-7-3-14(4-8-16)11-19-12-15-5-9-17(18)10-6-15/h3-10,12-13H,11H2,1-2H3/b19-12+. The molecule has 0 spiro atoms. The van der Waals surface area contributed by atoms with Gasteiger partial charge < -0.3 is 0 Å². The van der Waals surface area contributed by atoms with E-state index in [2.05, 4.69) is 43.1 Å². The van der Waals surface area contributed by atoms with Gasteiger partial charge in [0.25, 0.3) is 0 Å². The predicted octanol–water partition coefficient (Wildman–Crippen LogP) is 5.08. The van der Waals surface area contributed by atoms with Crippen molar-refractivity contribution in [3.8, 4) is 0 Å². The van der Waals surface area contributed by atoms with Gasteiger partial charge in [-0.15, -0.1) is 0 Å². The summed E-state index contributed by atoms with van der Waals surface area (Å²) in [4.78, 5) is 4.45. The number of aliphatic imine (C=N–C) groups is 1. The highest BCUT2D eigenvalue weighted by atomic mass is 35.5. The van der Waals surface area contributed by atoms with Gasteiger partial charge in [-0.2, -0.15) is 0 Å². The lowest BCUT2D eigenvalue weighted by Gasteiger charge is -2.05. The van der Waals surface area contributed by atoms with E-state index >= 15 is 0 Å². The molecule has 0 N–H and O–H groups in total. The van der Waals surface area contributed by atoms with Crippen molar-refractivity contribution in [2.75, 3.05) is 0 Å². The summed E-state index contributed by atoms with van der Waals surface area (Å²) in [6.45, 7) is 5.11. The lowest BCUT2D eigenvalue weighted by molar-refractivity contribution is 0.864. The van der Waals surface area contributed by atoms with E-state index in [-0.39, 0.29) is 0 Å². The number of rotatable bonds is 4. The summed E-state index contributed by atoms with van der Waals surface area (Å²) in [5, 5.41) is 0.751. The van der Waals surface area contributed by atoms with Crippen LogP contribution in [0.1, 0.15) is 36.5 Å². The lowest BCUT2D eigenvalue weighted by atomic mass is 10.0. The Hall–Kier alpha value is -1.60. The third kappa shape index (κ3) is 4.22. The average molecular weight is 272 g/mol. The van der Waals surface area contributed by atoms with E-state index in [0.29, 0.717) is 12.5 Å². The molecular formula is C17H18ClN. The van der Waals surface area contributed by atoms with Gasteiger partial charge in [0.2, 0.25) is 0 Å². The second-order valence-electron chi connectivity index (χ2n) is 4.92. The second-order valence-corrected chi connectivity index (χ2v) is 5.35. The molecule has 0 aliphatic carbocycles. The third-order valence-electron chi connectivity index (χ3n) is 3.03. The van der Waals surface area contributed by atoms with Gasteiger partial charge in [-0.05, 0) is 34.7 Å². The quantitative estimate of drug-likeness (QED) is 0.688. The minimum Gasteiger partial charge on any atom is -0.288 e. The van der Waals surface area contributed by atoms with Crippen LogP contribution in [0.4, 0.5) is 0 Å². The van der Waals surface area contributed by atoms with Gasteiger partial charge in [-0.1, -0.05) is 61.8 Å². The van der Waals surface area contributed by atoms with E-state index in [9.17, 15) is 0 Å². The minimum absolute atomic E-state index is 0.576. The maximum Gasteiger partial charge on any atom is 0.0639 e. The first kappa shape index (κ1) is 13.8. The van der Waals surface area contributed by atoms with Crippen molar-refractivity contribution in [1.82, 2.24) is 0 Å². The van der Waals surface area contributed by atoms with Crippen molar-refractivity contribution in [3.05, 3.63) is 70.2 Å². The van der Waals surface area contributed by atoms with E-state index < -0.39 is 0 Å². The maximum atomic E-state index is 5.84. The summed E-state index contributed by atoms with van der Waals surface area (Å²) >= 11 is 5.84. The Morgan fingerprint density at radius 3 is 2.21 bits per heavy atom. The molecule has 0 aliphatic heterocycles. The molecule has 0 bridgehead atoms. The molecule has 0 fully saturated rings. The Morgan fingerprint density at radius 1 is 1.00 bits per heavy atom. The van der Waals surface area contributed by atoms with Crippen LogP contribution in [0.5, 0.6) is 0 Å². The van der Waals surface area contributed by atoms with Crippen molar-refractivity contribution in [3.63, 3.8) is 0 Å². The van der Waals surface area contributed by atoms with Gasteiger partial charge >= 0.3 is 0 Å². The van der Waals surface area contributed by atoms with Crippen LogP contribution in [0, 0.1) is 0 Å². The highest BCUT2D eigenvalue weighted by Gasteiger charge is 1.98. The summed E-state index contributed by atoms with van der Waals surface area (Å²) in [5.41, 5.74) is 3.67. The second kappa shape index (κ2) is 6.53. The molecular weight excluding hydrogens is 254 g/mol. The molecule has 0 heterocycles. The van der Waals surface area contributed by atoms with Crippen LogP contribution >= 0.6 is 11.6 Å². The van der Waals surface area contributed by atoms with Gasteiger partial charge in [0, 0.05) is 11.2 Å². The molecule has 2 aromatic carbocycles. The monoisotopic (exact) mass is 271 g/mol. The predicted molar refractivity (Wildman–Crippen MR) is 83.3 cm³/mol. The fraction of sp³-hybridized carbons (Fsp3) is 0.235. The Morgan fingerprint density at radius 2 is 1.63 bits per heavy atom. The minimum atomic E-state index is 0.576. The van der Waals surface area contributed by atoms with Crippen LogP contribution in [0.15, 0.2) is 53.5 Å². The first-order valence-corrected chi connectivity index (χ1v) is 6.87.